The molecule has 0 unspecified atom stereocenters. The van der Waals surface area contributed by atoms with Crippen LogP contribution in [0.25, 0.3) is 87.6 Å². The Kier molecular flexibility index (Phi) is 7.53. The fourth-order valence-electron chi connectivity index (χ4n) is 8.41. The molecule has 1 aromatic heterocycles. The van der Waals surface area contributed by atoms with E-state index in [-0.39, 0.29) is 0 Å². The molecule has 0 atom stereocenters. The van der Waals surface area contributed by atoms with Crippen LogP contribution in [0.3, 0.4) is 0 Å². The molecule has 0 aliphatic carbocycles. The molecular weight excluding hydrogens is 679 g/mol. The van der Waals surface area contributed by atoms with Gasteiger partial charge in [0.15, 0.2) is 0 Å². The smallest absolute Gasteiger partial charge is 0.136 e. The van der Waals surface area contributed by atoms with Gasteiger partial charge in [-0.2, -0.15) is 0 Å². The van der Waals surface area contributed by atoms with Gasteiger partial charge in [-0.3, -0.25) is 0 Å². The molecule has 262 valence electrons. The lowest BCUT2D eigenvalue weighted by atomic mass is 9.92. The van der Waals surface area contributed by atoms with Crippen molar-refractivity contribution in [2.75, 3.05) is 4.90 Å². The fraction of sp³-hybridized carbons (Fsp3) is 0. The molecule has 2 heteroatoms. The number of furan rings is 1. The summed E-state index contributed by atoms with van der Waals surface area (Å²) in [4.78, 5) is 2.34. The van der Waals surface area contributed by atoms with Gasteiger partial charge in [0.05, 0.1) is 0 Å². The van der Waals surface area contributed by atoms with Crippen LogP contribution in [0.5, 0.6) is 0 Å². The second-order valence-corrected chi connectivity index (χ2v) is 14.5. The van der Waals surface area contributed by atoms with Crippen molar-refractivity contribution in [1.82, 2.24) is 0 Å². The van der Waals surface area contributed by atoms with Gasteiger partial charge < -0.3 is 9.32 Å². The van der Waals surface area contributed by atoms with Crippen LogP contribution in [-0.4, -0.2) is 0 Å². The first kappa shape index (κ1) is 32.0. The summed E-state index contributed by atoms with van der Waals surface area (Å²) in [6.45, 7) is 0. The molecular formula is C54H35NO. The number of benzene rings is 10. The first-order valence-electron chi connectivity index (χ1n) is 19.2. The van der Waals surface area contributed by atoms with Gasteiger partial charge in [-0.1, -0.05) is 152 Å². The Labute approximate surface area is 325 Å². The monoisotopic (exact) mass is 713 g/mol. The summed E-state index contributed by atoms with van der Waals surface area (Å²) in [7, 11) is 0. The van der Waals surface area contributed by atoms with Gasteiger partial charge >= 0.3 is 0 Å². The summed E-state index contributed by atoms with van der Waals surface area (Å²) >= 11 is 0. The molecule has 11 aromatic rings. The SMILES string of the molecule is c1ccc(-c2ccc(N(c3ccc(-c4ccc(-c5cc6ccccc6c6ccccc56)cc4)cc3)c3ccc4oc5cc6ccccc6cc5c4c3)cc2)cc1. The summed E-state index contributed by atoms with van der Waals surface area (Å²) in [5.41, 5.74) is 12.2. The lowest BCUT2D eigenvalue weighted by molar-refractivity contribution is 0.669. The van der Waals surface area contributed by atoms with Crippen molar-refractivity contribution >= 4 is 71.3 Å². The van der Waals surface area contributed by atoms with Crippen LogP contribution in [0.4, 0.5) is 17.1 Å². The first-order valence-corrected chi connectivity index (χ1v) is 19.2. The highest BCUT2D eigenvalue weighted by atomic mass is 16.3. The van der Waals surface area contributed by atoms with Crippen LogP contribution < -0.4 is 4.90 Å². The van der Waals surface area contributed by atoms with E-state index in [1.54, 1.807) is 0 Å². The van der Waals surface area contributed by atoms with E-state index >= 15 is 0 Å². The van der Waals surface area contributed by atoms with Crippen molar-refractivity contribution in [2.24, 2.45) is 0 Å². The molecule has 0 saturated carbocycles. The largest absolute Gasteiger partial charge is 0.456 e. The van der Waals surface area contributed by atoms with Crippen LogP contribution in [0.1, 0.15) is 0 Å². The average Bonchev–Trinajstić information content (AvgIpc) is 3.63. The van der Waals surface area contributed by atoms with E-state index in [1.165, 1.54) is 65.7 Å². The Balaban J connectivity index is 0.978. The Morgan fingerprint density at radius 3 is 1.43 bits per heavy atom. The van der Waals surface area contributed by atoms with E-state index in [4.69, 9.17) is 4.42 Å². The quantitative estimate of drug-likeness (QED) is 0.160. The van der Waals surface area contributed by atoms with Crippen molar-refractivity contribution in [1.29, 1.82) is 0 Å². The molecule has 0 saturated heterocycles. The van der Waals surface area contributed by atoms with E-state index in [0.29, 0.717) is 0 Å². The molecule has 0 amide bonds. The molecule has 0 aliphatic heterocycles. The zero-order valence-corrected chi connectivity index (χ0v) is 30.6. The van der Waals surface area contributed by atoms with Crippen LogP contribution in [0, 0.1) is 0 Å². The highest BCUT2D eigenvalue weighted by Gasteiger charge is 2.17. The summed E-state index contributed by atoms with van der Waals surface area (Å²) in [5, 5.41) is 9.71. The van der Waals surface area contributed by atoms with Crippen LogP contribution in [-0.2, 0) is 0 Å². The molecule has 0 fully saturated rings. The van der Waals surface area contributed by atoms with Crippen molar-refractivity contribution in [2.45, 2.75) is 0 Å². The third-order valence-corrected chi connectivity index (χ3v) is 11.2. The zero-order valence-electron chi connectivity index (χ0n) is 30.6. The Bertz CT molecular complexity index is 3210. The molecule has 0 spiro atoms. The van der Waals surface area contributed by atoms with Gasteiger partial charge in [-0.05, 0) is 126 Å². The molecule has 0 aliphatic rings. The van der Waals surface area contributed by atoms with Gasteiger partial charge in [-0.15, -0.1) is 0 Å². The summed E-state index contributed by atoms with van der Waals surface area (Å²) < 4.78 is 6.39. The highest BCUT2D eigenvalue weighted by Crippen LogP contribution is 2.41. The minimum Gasteiger partial charge on any atom is -0.456 e. The van der Waals surface area contributed by atoms with Gasteiger partial charge in [0, 0.05) is 27.8 Å². The maximum Gasteiger partial charge on any atom is 0.136 e. The summed E-state index contributed by atoms with van der Waals surface area (Å²) in [6.07, 6.45) is 0. The Morgan fingerprint density at radius 1 is 0.268 bits per heavy atom. The first-order chi connectivity index (χ1) is 27.7. The van der Waals surface area contributed by atoms with Crippen molar-refractivity contribution in [3.05, 3.63) is 212 Å². The van der Waals surface area contributed by atoms with Crippen molar-refractivity contribution in [3.8, 4) is 33.4 Å². The summed E-state index contributed by atoms with van der Waals surface area (Å²) in [6, 6.07) is 76.5. The maximum absolute atomic E-state index is 6.39. The van der Waals surface area contributed by atoms with E-state index in [9.17, 15) is 0 Å². The number of fused-ring (bicyclic) bond motifs is 7. The third kappa shape index (κ3) is 5.51. The molecule has 0 bridgehead atoms. The topological polar surface area (TPSA) is 16.4 Å². The minimum atomic E-state index is 0.883. The number of rotatable bonds is 6. The number of anilines is 3. The Hall–Kier alpha value is -7.42. The standard InChI is InChI=1S/C54H35NO/c1-2-10-36(11-3-1)38-22-26-44(27-23-38)55(46-30-31-53-52(35-46)51-32-41-12-4-5-13-42(41)34-54(51)56-53)45-28-24-39(25-29-45)37-18-20-40(21-19-37)50-33-43-14-6-7-15-47(43)48-16-8-9-17-49(48)50/h1-35H. The zero-order chi connectivity index (χ0) is 37.0. The van der Waals surface area contributed by atoms with Crippen LogP contribution in [0.15, 0.2) is 217 Å². The fourth-order valence-corrected chi connectivity index (χ4v) is 8.41. The molecule has 56 heavy (non-hydrogen) atoms. The third-order valence-electron chi connectivity index (χ3n) is 11.2. The van der Waals surface area contributed by atoms with E-state index in [0.717, 1.165) is 39.0 Å². The predicted molar refractivity (Wildman–Crippen MR) is 237 cm³/mol. The number of hydrogen-bond acceptors (Lipinski definition) is 2. The molecule has 2 nitrogen and oxygen atoms in total. The molecule has 11 rings (SSSR count). The van der Waals surface area contributed by atoms with E-state index < -0.39 is 0 Å². The minimum absolute atomic E-state index is 0.883. The van der Waals surface area contributed by atoms with E-state index in [2.05, 4.69) is 217 Å². The van der Waals surface area contributed by atoms with E-state index in [1.807, 2.05) is 0 Å². The number of hydrogen-bond donors (Lipinski definition) is 0. The van der Waals surface area contributed by atoms with Crippen molar-refractivity contribution in [3.63, 3.8) is 0 Å². The van der Waals surface area contributed by atoms with Gasteiger partial charge in [0.2, 0.25) is 0 Å². The summed E-state index contributed by atoms with van der Waals surface area (Å²) in [5.74, 6) is 0. The van der Waals surface area contributed by atoms with Crippen LogP contribution >= 0.6 is 0 Å². The lowest BCUT2D eigenvalue weighted by Crippen LogP contribution is -2.09. The maximum atomic E-state index is 6.39. The molecule has 0 radical (unpaired) electrons. The average molecular weight is 714 g/mol. The number of nitrogens with zero attached hydrogens (tertiary/aromatic N) is 1. The molecule has 10 aromatic carbocycles. The normalized spacial score (nSPS) is 11.6. The van der Waals surface area contributed by atoms with Gasteiger partial charge in [0.25, 0.3) is 0 Å². The lowest BCUT2D eigenvalue weighted by Gasteiger charge is -2.26. The predicted octanol–water partition coefficient (Wildman–Crippen LogP) is 15.5. The van der Waals surface area contributed by atoms with Gasteiger partial charge in [-0.25, -0.2) is 0 Å². The van der Waals surface area contributed by atoms with Crippen LogP contribution in [0.2, 0.25) is 0 Å². The molecule has 0 N–H and O–H groups in total. The molecule has 1 heterocycles. The highest BCUT2D eigenvalue weighted by molar-refractivity contribution is 6.14. The van der Waals surface area contributed by atoms with Gasteiger partial charge in [0.1, 0.15) is 11.2 Å². The second-order valence-electron chi connectivity index (χ2n) is 14.5. The van der Waals surface area contributed by atoms with Crippen molar-refractivity contribution < 1.29 is 4.42 Å². The Morgan fingerprint density at radius 2 is 0.750 bits per heavy atom. The second kappa shape index (κ2) is 13.2.